The second kappa shape index (κ2) is 8.98. The van der Waals surface area contributed by atoms with Crippen molar-refractivity contribution in [3.63, 3.8) is 0 Å². The molecule has 9 heteroatoms. The number of fused-ring (bicyclic) bond motifs is 1. The number of anilines is 1. The fourth-order valence-corrected chi connectivity index (χ4v) is 5.10. The molecule has 1 unspecified atom stereocenters. The second-order valence-corrected chi connectivity index (χ2v) is 9.11. The van der Waals surface area contributed by atoms with E-state index in [4.69, 9.17) is 5.73 Å². The first-order valence-electron chi connectivity index (χ1n) is 11.7. The zero-order chi connectivity index (χ0) is 23.8. The summed E-state index contributed by atoms with van der Waals surface area (Å²) in [6, 6.07) is 7.04. The first-order chi connectivity index (χ1) is 16.4. The number of imide groups is 1. The lowest BCUT2D eigenvalue weighted by Crippen LogP contribution is -2.52. The molecule has 0 aliphatic carbocycles. The maximum atomic E-state index is 13.0. The Morgan fingerprint density at radius 2 is 2.00 bits per heavy atom. The van der Waals surface area contributed by atoms with Gasteiger partial charge in [0.1, 0.15) is 11.9 Å². The van der Waals surface area contributed by atoms with Crippen LogP contribution in [0.4, 0.5) is 5.82 Å². The first-order valence-corrected chi connectivity index (χ1v) is 11.7. The van der Waals surface area contributed by atoms with Crippen LogP contribution in [0.2, 0.25) is 0 Å². The molecular formula is C25H28N6O3. The summed E-state index contributed by atoms with van der Waals surface area (Å²) in [6.45, 7) is 3.24. The van der Waals surface area contributed by atoms with E-state index in [9.17, 15) is 14.4 Å². The molecule has 0 radical (unpaired) electrons. The number of hydrogen-bond donors (Lipinski definition) is 2. The van der Waals surface area contributed by atoms with Crippen LogP contribution in [0.25, 0.3) is 11.3 Å². The summed E-state index contributed by atoms with van der Waals surface area (Å²) in [7, 11) is 1.72. The molecule has 2 aromatic rings. The number of nitrogens with zero attached hydrogens (tertiary/aromatic N) is 4. The summed E-state index contributed by atoms with van der Waals surface area (Å²) in [5.41, 5.74) is 11.3. The second-order valence-electron chi connectivity index (χ2n) is 9.11. The molecule has 9 nitrogen and oxygen atoms in total. The van der Waals surface area contributed by atoms with Crippen molar-refractivity contribution in [1.29, 1.82) is 0 Å². The molecule has 1 aromatic heterocycles. The molecule has 4 heterocycles. The summed E-state index contributed by atoms with van der Waals surface area (Å²) in [4.78, 5) is 49.6. The van der Waals surface area contributed by atoms with Crippen molar-refractivity contribution >= 4 is 29.8 Å². The topological polar surface area (TPSA) is 121 Å². The monoisotopic (exact) mass is 460 g/mol. The van der Waals surface area contributed by atoms with E-state index in [1.54, 1.807) is 24.2 Å². The third kappa shape index (κ3) is 4.07. The number of nitrogen functional groups attached to an aromatic ring is 1. The van der Waals surface area contributed by atoms with Gasteiger partial charge in [-0.15, -0.1) is 0 Å². The van der Waals surface area contributed by atoms with Gasteiger partial charge in [0.05, 0.1) is 5.69 Å². The summed E-state index contributed by atoms with van der Waals surface area (Å²) in [5.74, 6) is -0.462. The minimum atomic E-state index is -0.630. The van der Waals surface area contributed by atoms with Crippen LogP contribution >= 0.6 is 0 Å². The number of nitrogens with one attached hydrogen (secondary N) is 1. The van der Waals surface area contributed by atoms with Crippen molar-refractivity contribution in [3.05, 3.63) is 46.5 Å². The number of amides is 3. The molecule has 3 aliphatic rings. The average molecular weight is 461 g/mol. The van der Waals surface area contributed by atoms with Crippen molar-refractivity contribution in [2.45, 2.75) is 44.8 Å². The van der Waals surface area contributed by atoms with Gasteiger partial charge < -0.3 is 10.6 Å². The predicted octanol–water partition coefficient (Wildman–Crippen LogP) is 1.74. The van der Waals surface area contributed by atoms with E-state index in [-0.39, 0.29) is 18.2 Å². The number of hydrogen-bond acceptors (Lipinski definition) is 7. The van der Waals surface area contributed by atoms with Gasteiger partial charge in [-0.05, 0) is 61.7 Å². The number of aliphatic imine (C=N–C) groups is 1. The Hall–Kier alpha value is -3.59. The number of piperidine rings is 1. The van der Waals surface area contributed by atoms with E-state index in [0.29, 0.717) is 24.3 Å². The minimum Gasteiger partial charge on any atom is -0.383 e. The molecule has 3 N–H and O–H groups in total. The van der Waals surface area contributed by atoms with E-state index in [2.05, 4.69) is 26.3 Å². The third-order valence-electron chi connectivity index (χ3n) is 6.84. The van der Waals surface area contributed by atoms with Gasteiger partial charge in [0.15, 0.2) is 0 Å². The largest absolute Gasteiger partial charge is 0.383 e. The van der Waals surface area contributed by atoms with Gasteiger partial charge in [-0.3, -0.25) is 29.6 Å². The maximum Gasteiger partial charge on any atom is 0.255 e. The lowest BCUT2D eigenvalue weighted by molar-refractivity contribution is -0.136. The molecule has 2 fully saturated rings. The van der Waals surface area contributed by atoms with Crippen molar-refractivity contribution < 1.29 is 14.4 Å². The van der Waals surface area contributed by atoms with E-state index < -0.39 is 11.9 Å². The smallest absolute Gasteiger partial charge is 0.255 e. The fraction of sp³-hybridized carbons (Fsp3) is 0.400. The van der Waals surface area contributed by atoms with Crippen LogP contribution in [-0.4, -0.2) is 64.9 Å². The minimum absolute atomic E-state index is 0.187. The Bertz CT molecular complexity index is 1200. The Morgan fingerprint density at radius 3 is 2.74 bits per heavy atom. The van der Waals surface area contributed by atoms with Gasteiger partial charge in [0.2, 0.25) is 11.8 Å². The van der Waals surface area contributed by atoms with Crippen molar-refractivity contribution in [2.24, 2.45) is 4.99 Å². The number of rotatable bonds is 5. The number of aromatic nitrogens is 1. The molecule has 3 aliphatic heterocycles. The quantitative estimate of drug-likeness (QED) is 0.518. The van der Waals surface area contributed by atoms with Gasteiger partial charge in [-0.2, -0.15) is 0 Å². The van der Waals surface area contributed by atoms with Crippen LogP contribution in [0.5, 0.6) is 0 Å². The lowest BCUT2D eigenvalue weighted by Gasteiger charge is -2.29. The highest BCUT2D eigenvalue weighted by molar-refractivity contribution is 6.05. The van der Waals surface area contributed by atoms with Crippen LogP contribution in [0.15, 0.2) is 29.3 Å². The molecule has 5 rings (SSSR count). The van der Waals surface area contributed by atoms with E-state index in [1.807, 2.05) is 12.1 Å². The summed E-state index contributed by atoms with van der Waals surface area (Å²) in [6.07, 6.45) is 4.74. The fourth-order valence-electron chi connectivity index (χ4n) is 5.10. The molecule has 1 atom stereocenters. The number of likely N-dealkylation sites (tertiary alicyclic amines) is 1. The Labute approximate surface area is 198 Å². The first kappa shape index (κ1) is 22.2. The van der Waals surface area contributed by atoms with Crippen molar-refractivity contribution in [1.82, 2.24) is 20.1 Å². The zero-order valence-electron chi connectivity index (χ0n) is 19.2. The number of pyridine rings is 1. The van der Waals surface area contributed by atoms with Crippen molar-refractivity contribution in [3.8, 4) is 11.3 Å². The zero-order valence-corrected chi connectivity index (χ0v) is 19.2. The van der Waals surface area contributed by atoms with Crippen LogP contribution in [0.3, 0.4) is 0 Å². The molecule has 0 bridgehead atoms. The van der Waals surface area contributed by atoms with Crippen LogP contribution in [-0.2, 0) is 22.7 Å². The normalized spacial score (nSPS) is 20.9. The maximum absolute atomic E-state index is 13.0. The van der Waals surface area contributed by atoms with Gasteiger partial charge >= 0.3 is 0 Å². The van der Waals surface area contributed by atoms with Crippen molar-refractivity contribution in [2.75, 3.05) is 25.9 Å². The van der Waals surface area contributed by atoms with Gasteiger partial charge in [-0.1, -0.05) is 6.07 Å². The molecule has 2 saturated heterocycles. The van der Waals surface area contributed by atoms with E-state index in [0.717, 1.165) is 47.6 Å². The van der Waals surface area contributed by atoms with Crippen LogP contribution in [0.1, 0.15) is 52.7 Å². The standard InChI is InChI=1S/C25H28N6O3/c1-27-12-19-17(13-30-8-2-3-9-30)11-20(28-23(19)26)15-4-5-18-16(10-15)14-31(25(18)34)21-6-7-22(32)29-24(21)33/h4-5,10-12,21H,2-3,6-9,13-14H2,1H3,(H2,26,28)(H,29,32,33). The van der Waals surface area contributed by atoms with Crippen LogP contribution < -0.4 is 11.1 Å². The predicted molar refractivity (Wildman–Crippen MR) is 128 cm³/mol. The van der Waals surface area contributed by atoms with Gasteiger partial charge in [0, 0.05) is 49.5 Å². The molecule has 3 amide bonds. The summed E-state index contributed by atoms with van der Waals surface area (Å²) < 4.78 is 0. The Balaban J connectivity index is 1.45. The van der Waals surface area contributed by atoms with Gasteiger partial charge in [0.25, 0.3) is 5.91 Å². The Kier molecular flexibility index (Phi) is 5.87. The number of nitrogens with two attached hydrogens (primary N) is 1. The molecule has 0 spiro atoms. The Morgan fingerprint density at radius 1 is 1.21 bits per heavy atom. The number of benzene rings is 1. The lowest BCUT2D eigenvalue weighted by atomic mass is 10.0. The molecule has 34 heavy (non-hydrogen) atoms. The summed E-state index contributed by atoms with van der Waals surface area (Å²) in [5, 5.41) is 2.34. The molecule has 176 valence electrons. The molecular weight excluding hydrogens is 432 g/mol. The summed E-state index contributed by atoms with van der Waals surface area (Å²) >= 11 is 0. The van der Waals surface area contributed by atoms with Crippen LogP contribution in [0, 0.1) is 0 Å². The number of carbonyl (C=O) groups excluding carboxylic acids is 3. The highest BCUT2D eigenvalue weighted by Crippen LogP contribution is 2.32. The highest BCUT2D eigenvalue weighted by atomic mass is 16.2. The molecule has 0 saturated carbocycles. The SMILES string of the molecule is CN=Cc1c(CN2CCCC2)cc(-c2ccc3c(c2)CN(C2CCC(=O)NC2=O)C3=O)nc1N. The number of carbonyl (C=O) groups is 3. The van der Waals surface area contributed by atoms with E-state index in [1.165, 1.54) is 12.8 Å². The van der Waals surface area contributed by atoms with E-state index >= 15 is 0 Å². The van der Waals surface area contributed by atoms with Gasteiger partial charge in [-0.25, -0.2) is 4.98 Å². The molecule has 1 aromatic carbocycles. The average Bonchev–Trinajstić information content (AvgIpc) is 3.43. The highest BCUT2D eigenvalue weighted by Gasteiger charge is 2.39. The third-order valence-corrected chi connectivity index (χ3v) is 6.84.